The first-order chi connectivity index (χ1) is 10.8. The Morgan fingerprint density at radius 3 is 2.86 bits per heavy atom. The quantitative estimate of drug-likeness (QED) is 0.591. The minimum atomic E-state index is 0.145. The maximum absolute atomic E-state index is 11.7. The topological polar surface area (TPSA) is 35.5 Å². The Hall–Kier alpha value is -1.94. The number of carbonyl (C=O) groups excluding carboxylic acids is 1. The number of carbonyl (C=O) groups is 1. The molecule has 0 aromatic heterocycles. The number of Topliss-reactive ketones (excluding diaryl/α,β-unsaturated/α-hetero) is 1. The van der Waals surface area contributed by atoms with E-state index in [9.17, 15) is 4.79 Å². The second kappa shape index (κ2) is 7.36. The summed E-state index contributed by atoms with van der Waals surface area (Å²) in [6, 6.07) is 15.8. The van der Waals surface area contributed by atoms with Crippen LogP contribution in [0.3, 0.4) is 0 Å². The second-order valence-electron chi connectivity index (χ2n) is 5.04. The molecule has 0 atom stereocenters. The summed E-state index contributed by atoms with van der Waals surface area (Å²) in [4.78, 5) is 13.0. The summed E-state index contributed by atoms with van der Waals surface area (Å²) < 4.78 is 11.3. The van der Waals surface area contributed by atoms with Gasteiger partial charge in [-0.1, -0.05) is 18.2 Å². The zero-order valence-electron chi connectivity index (χ0n) is 12.3. The monoisotopic (exact) mass is 314 g/mol. The molecule has 0 aliphatic carbocycles. The van der Waals surface area contributed by atoms with Crippen LogP contribution in [0, 0.1) is 0 Å². The van der Waals surface area contributed by atoms with Gasteiger partial charge in [-0.2, -0.15) is 0 Å². The molecule has 2 aromatic carbocycles. The van der Waals surface area contributed by atoms with E-state index in [0.717, 1.165) is 17.9 Å². The summed E-state index contributed by atoms with van der Waals surface area (Å²) in [6.07, 6.45) is 1.43. The Morgan fingerprint density at radius 1 is 1.14 bits per heavy atom. The fourth-order valence-corrected chi connectivity index (χ4v) is 3.13. The molecule has 22 heavy (non-hydrogen) atoms. The molecule has 3 nitrogen and oxygen atoms in total. The third-order valence-corrected chi connectivity index (χ3v) is 4.51. The number of ether oxygens (including phenoxy) is 2. The Bertz CT molecular complexity index is 640. The predicted molar refractivity (Wildman–Crippen MR) is 88.2 cm³/mol. The van der Waals surface area contributed by atoms with E-state index in [1.807, 2.05) is 42.1 Å². The van der Waals surface area contributed by atoms with Crippen LogP contribution in [0.4, 0.5) is 0 Å². The van der Waals surface area contributed by atoms with Gasteiger partial charge >= 0.3 is 0 Å². The van der Waals surface area contributed by atoms with Crippen molar-refractivity contribution >= 4 is 17.5 Å². The van der Waals surface area contributed by atoms with Crippen molar-refractivity contribution in [2.75, 3.05) is 19.0 Å². The lowest BCUT2D eigenvalue weighted by Crippen LogP contribution is -2.15. The summed E-state index contributed by atoms with van der Waals surface area (Å²) in [7, 11) is 0. The number of thioether (sulfide) groups is 1. The number of hydrogen-bond donors (Lipinski definition) is 0. The van der Waals surface area contributed by atoms with E-state index in [1.54, 1.807) is 6.07 Å². The van der Waals surface area contributed by atoms with E-state index in [2.05, 4.69) is 12.1 Å². The van der Waals surface area contributed by atoms with Gasteiger partial charge in [-0.3, -0.25) is 4.79 Å². The molecule has 0 fully saturated rings. The maximum atomic E-state index is 11.7. The van der Waals surface area contributed by atoms with Crippen LogP contribution in [0.1, 0.15) is 23.2 Å². The highest BCUT2D eigenvalue weighted by atomic mass is 32.2. The van der Waals surface area contributed by atoms with Crippen LogP contribution in [-0.4, -0.2) is 24.7 Å². The Kier molecular flexibility index (Phi) is 5.01. The lowest BCUT2D eigenvalue weighted by atomic mass is 10.1. The number of hydrogen-bond acceptors (Lipinski definition) is 4. The van der Waals surface area contributed by atoms with Crippen molar-refractivity contribution in [2.45, 2.75) is 17.7 Å². The third kappa shape index (κ3) is 3.83. The van der Waals surface area contributed by atoms with E-state index in [4.69, 9.17) is 9.47 Å². The van der Waals surface area contributed by atoms with E-state index >= 15 is 0 Å². The molecule has 0 saturated heterocycles. The highest BCUT2D eigenvalue weighted by Gasteiger charge is 2.18. The van der Waals surface area contributed by atoms with Crippen molar-refractivity contribution in [3.8, 4) is 11.5 Å². The molecule has 1 heterocycles. The Balaban J connectivity index is 1.45. The molecule has 4 heteroatoms. The number of rotatable bonds is 6. The largest absolute Gasteiger partial charge is 0.493 e. The number of fused-ring (bicyclic) bond motifs is 1. The number of benzene rings is 2. The van der Waals surface area contributed by atoms with Crippen LogP contribution in [-0.2, 0) is 0 Å². The maximum Gasteiger partial charge on any atom is 0.169 e. The average molecular weight is 314 g/mol. The van der Waals surface area contributed by atoms with Crippen LogP contribution in [0.2, 0.25) is 0 Å². The van der Waals surface area contributed by atoms with Crippen LogP contribution in [0.5, 0.6) is 11.5 Å². The molecule has 3 rings (SSSR count). The number of ketones is 1. The molecular weight excluding hydrogens is 296 g/mol. The molecule has 0 amide bonds. The standard InChI is InChI=1S/C18H18O3S/c19-17-9-11-21-18-13-14(7-8-16(17)18)20-10-4-12-22-15-5-2-1-3-6-15/h1-3,5-8,13H,4,9-12H2. The summed E-state index contributed by atoms with van der Waals surface area (Å²) >= 11 is 1.83. The third-order valence-electron chi connectivity index (χ3n) is 3.41. The molecule has 0 N–H and O–H groups in total. The first-order valence-electron chi connectivity index (χ1n) is 7.43. The molecule has 0 saturated carbocycles. The van der Waals surface area contributed by atoms with Crippen LogP contribution in [0.25, 0.3) is 0 Å². The first-order valence-corrected chi connectivity index (χ1v) is 8.42. The van der Waals surface area contributed by atoms with Crippen molar-refractivity contribution in [3.05, 3.63) is 54.1 Å². The van der Waals surface area contributed by atoms with E-state index < -0.39 is 0 Å². The summed E-state index contributed by atoms with van der Waals surface area (Å²) in [5, 5.41) is 0. The molecule has 0 radical (unpaired) electrons. The highest BCUT2D eigenvalue weighted by molar-refractivity contribution is 7.99. The van der Waals surface area contributed by atoms with Gasteiger partial charge in [0.1, 0.15) is 11.5 Å². The second-order valence-corrected chi connectivity index (χ2v) is 6.21. The van der Waals surface area contributed by atoms with Crippen molar-refractivity contribution in [3.63, 3.8) is 0 Å². The van der Waals surface area contributed by atoms with Crippen molar-refractivity contribution in [1.29, 1.82) is 0 Å². The average Bonchev–Trinajstić information content (AvgIpc) is 2.56. The van der Waals surface area contributed by atoms with Crippen LogP contribution in [0.15, 0.2) is 53.4 Å². The van der Waals surface area contributed by atoms with E-state index in [-0.39, 0.29) is 5.78 Å². The minimum absolute atomic E-state index is 0.145. The van der Waals surface area contributed by atoms with Gasteiger partial charge in [-0.15, -0.1) is 11.8 Å². The first kappa shape index (κ1) is 15.0. The van der Waals surface area contributed by atoms with Crippen LogP contribution < -0.4 is 9.47 Å². The van der Waals surface area contributed by atoms with Gasteiger partial charge in [-0.25, -0.2) is 0 Å². The fraction of sp³-hybridized carbons (Fsp3) is 0.278. The van der Waals surface area contributed by atoms with Gasteiger partial charge in [0.2, 0.25) is 0 Å². The zero-order chi connectivity index (χ0) is 15.2. The van der Waals surface area contributed by atoms with Crippen molar-refractivity contribution in [2.24, 2.45) is 0 Å². The van der Waals surface area contributed by atoms with Crippen LogP contribution >= 0.6 is 11.8 Å². The predicted octanol–water partition coefficient (Wildman–Crippen LogP) is 4.21. The summed E-state index contributed by atoms with van der Waals surface area (Å²) in [5.74, 6) is 2.57. The summed E-state index contributed by atoms with van der Waals surface area (Å²) in [5.41, 5.74) is 0.665. The van der Waals surface area contributed by atoms with E-state index in [1.165, 1.54) is 4.90 Å². The van der Waals surface area contributed by atoms with Gasteiger partial charge in [-0.05, 0) is 30.7 Å². The molecule has 114 valence electrons. The van der Waals surface area contributed by atoms with Gasteiger partial charge in [0.05, 0.1) is 18.8 Å². The lowest BCUT2D eigenvalue weighted by Gasteiger charge is -2.17. The van der Waals surface area contributed by atoms with Gasteiger partial charge in [0.25, 0.3) is 0 Å². The highest BCUT2D eigenvalue weighted by Crippen LogP contribution is 2.29. The van der Waals surface area contributed by atoms with E-state index in [0.29, 0.717) is 30.9 Å². The fourth-order valence-electron chi connectivity index (χ4n) is 2.29. The van der Waals surface area contributed by atoms with Gasteiger partial charge in [0.15, 0.2) is 5.78 Å². The molecule has 1 aliphatic heterocycles. The smallest absolute Gasteiger partial charge is 0.169 e. The Labute approximate surface area is 134 Å². The van der Waals surface area contributed by atoms with Crippen molar-refractivity contribution in [1.82, 2.24) is 0 Å². The SMILES string of the molecule is O=C1CCOc2cc(OCCCSc3ccccc3)ccc21. The normalized spacial score (nSPS) is 13.4. The lowest BCUT2D eigenvalue weighted by molar-refractivity contribution is 0.0933. The minimum Gasteiger partial charge on any atom is -0.493 e. The molecule has 1 aliphatic rings. The Morgan fingerprint density at radius 2 is 2.00 bits per heavy atom. The molecule has 0 bridgehead atoms. The molecule has 0 spiro atoms. The van der Waals surface area contributed by atoms with Gasteiger partial charge in [0, 0.05) is 23.1 Å². The van der Waals surface area contributed by atoms with Crippen molar-refractivity contribution < 1.29 is 14.3 Å². The molecule has 0 unspecified atom stereocenters. The molecule has 2 aromatic rings. The zero-order valence-corrected chi connectivity index (χ0v) is 13.1. The molecular formula is C18H18O3S. The van der Waals surface area contributed by atoms with Gasteiger partial charge < -0.3 is 9.47 Å². The summed E-state index contributed by atoms with van der Waals surface area (Å²) in [6.45, 7) is 1.12.